The van der Waals surface area contributed by atoms with Gasteiger partial charge in [0.2, 0.25) is 5.95 Å². The molecule has 3 aromatic rings. The van der Waals surface area contributed by atoms with Crippen LogP contribution in [0, 0.1) is 17.3 Å². The largest absolute Gasteiger partial charge is 0.496 e. The Labute approximate surface area is 220 Å². The Balaban J connectivity index is 1.20. The number of hydrogen-bond acceptors (Lipinski definition) is 7. The zero-order valence-corrected chi connectivity index (χ0v) is 22.4. The second-order valence-electron chi connectivity index (χ2n) is 11.3. The van der Waals surface area contributed by atoms with Gasteiger partial charge >= 0.3 is 0 Å². The molecular formula is C29H43N7O. The SMILES string of the molecule is CCCCCNc1nc(N)nc2ccn(Cc3ccc(CNCC4CC5(CC(CN)C5)C4)cc3OC)c12. The summed E-state index contributed by atoms with van der Waals surface area (Å²) in [4.78, 5) is 8.95. The number of methoxy groups -OCH3 is 1. The Morgan fingerprint density at radius 3 is 2.68 bits per heavy atom. The Morgan fingerprint density at radius 2 is 1.92 bits per heavy atom. The van der Waals surface area contributed by atoms with Gasteiger partial charge in [-0.25, -0.2) is 4.98 Å². The number of benzene rings is 1. The summed E-state index contributed by atoms with van der Waals surface area (Å²) in [5.41, 5.74) is 16.6. The molecule has 2 aliphatic rings. The molecule has 0 bridgehead atoms. The van der Waals surface area contributed by atoms with Crippen LogP contribution in [0.1, 0.15) is 63.0 Å². The first-order valence-electron chi connectivity index (χ1n) is 14.0. The molecule has 0 atom stereocenters. The molecule has 2 heterocycles. The number of unbranched alkanes of at least 4 members (excludes halogenated alkanes) is 2. The van der Waals surface area contributed by atoms with Gasteiger partial charge in [0.1, 0.15) is 11.3 Å². The van der Waals surface area contributed by atoms with E-state index < -0.39 is 0 Å². The fourth-order valence-electron chi connectivity index (χ4n) is 6.57. The van der Waals surface area contributed by atoms with E-state index in [9.17, 15) is 0 Å². The molecule has 200 valence electrons. The lowest BCUT2D eigenvalue weighted by molar-refractivity contribution is -0.0637. The van der Waals surface area contributed by atoms with Crippen molar-refractivity contribution >= 4 is 22.8 Å². The lowest BCUT2D eigenvalue weighted by Crippen LogP contribution is -2.51. The molecule has 0 amide bonds. The van der Waals surface area contributed by atoms with Crippen molar-refractivity contribution in [1.29, 1.82) is 0 Å². The van der Waals surface area contributed by atoms with E-state index in [2.05, 4.69) is 50.3 Å². The first-order valence-corrected chi connectivity index (χ1v) is 14.0. The number of anilines is 2. The van der Waals surface area contributed by atoms with Crippen molar-refractivity contribution in [3.63, 3.8) is 0 Å². The molecule has 0 aliphatic heterocycles. The van der Waals surface area contributed by atoms with E-state index in [0.29, 0.717) is 17.9 Å². The minimum Gasteiger partial charge on any atom is -0.496 e. The average molecular weight is 506 g/mol. The standard InChI is InChI=1S/C29H43N7O/c1-3-4-5-9-33-27-26-24(34-28(31)35-27)8-10-36(26)19-23-7-6-20(11-25(23)37-2)17-32-18-22-14-29(15-22)12-21(13-29)16-30/h6-8,10-11,21-22,32H,3-5,9,12-19,30H2,1-2H3,(H3,31,33,34,35). The van der Waals surface area contributed by atoms with Crippen molar-refractivity contribution in [2.24, 2.45) is 23.0 Å². The average Bonchev–Trinajstić information content (AvgIpc) is 3.25. The smallest absolute Gasteiger partial charge is 0.222 e. The number of fused-ring (bicyclic) bond motifs is 1. The van der Waals surface area contributed by atoms with Crippen LogP contribution in [0.2, 0.25) is 0 Å². The van der Waals surface area contributed by atoms with E-state index in [1.54, 1.807) is 7.11 Å². The Kier molecular flexibility index (Phi) is 7.86. The van der Waals surface area contributed by atoms with Gasteiger partial charge in [0.05, 0.1) is 19.2 Å². The van der Waals surface area contributed by atoms with E-state index in [-0.39, 0.29) is 0 Å². The summed E-state index contributed by atoms with van der Waals surface area (Å²) in [7, 11) is 1.75. The summed E-state index contributed by atoms with van der Waals surface area (Å²) in [6.07, 6.45) is 11.0. The monoisotopic (exact) mass is 505 g/mol. The van der Waals surface area contributed by atoms with Crippen molar-refractivity contribution in [1.82, 2.24) is 19.9 Å². The second kappa shape index (κ2) is 11.3. The fourth-order valence-corrected chi connectivity index (χ4v) is 6.57. The van der Waals surface area contributed by atoms with Gasteiger partial charge in [0.25, 0.3) is 0 Å². The predicted octanol–water partition coefficient (Wildman–Crippen LogP) is 4.53. The molecule has 2 aliphatic carbocycles. The maximum Gasteiger partial charge on any atom is 0.222 e. The lowest BCUT2D eigenvalue weighted by Gasteiger charge is -2.58. The van der Waals surface area contributed by atoms with Gasteiger partial charge in [-0.05, 0) is 80.1 Å². The number of hydrogen-bond donors (Lipinski definition) is 4. The van der Waals surface area contributed by atoms with Gasteiger partial charge in [-0.1, -0.05) is 31.9 Å². The summed E-state index contributed by atoms with van der Waals surface area (Å²) in [6, 6.07) is 8.54. The molecule has 0 unspecified atom stereocenters. The third kappa shape index (κ3) is 5.70. The zero-order valence-electron chi connectivity index (χ0n) is 22.4. The summed E-state index contributed by atoms with van der Waals surface area (Å²) in [5.74, 6) is 3.58. The summed E-state index contributed by atoms with van der Waals surface area (Å²) >= 11 is 0. The molecule has 5 rings (SSSR count). The van der Waals surface area contributed by atoms with Gasteiger partial charge in [0.15, 0.2) is 5.82 Å². The second-order valence-corrected chi connectivity index (χ2v) is 11.3. The quantitative estimate of drug-likeness (QED) is 0.252. The van der Waals surface area contributed by atoms with Crippen LogP contribution in [0.15, 0.2) is 30.5 Å². The highest BCUT2D eigenvalue weighted by Crippen LogP contribution is 2.60. The molecule has 6 N–H and O–H groups in total. The molecule has 2 fully saturated rings. The maximum absolute atomic E-state index is 5.98. The zero-order chi connectivity index (χ0) is 25.8. The Morgan fingerprint density at radius 1 is 1.11 bits per heavy atom. The summed E-state index contributed by atoms with van der Waals surface area (Å²) in [6.45, 7) is 6.55. The van der Waals surface area contributed by atoms with E-state index in [0.717, 1.165) is 72.6 Å². The first-order chi connectivity index (χ1) is 18.0. The van der Waals surface area contributed by atoms with Crippen LogP contribution in [0.5, 0.6) is 5.75 Å². The van der Waals surface area contributed by atoms with Gasteiger partial charge in [-0.15, -0.1) is 0 Å². The van der Waals surface area contributed by atoms with Crippen LogP contribution in [-0.2, 0) is 13.1 Å². The number of nitrogens with zero attached hydrogens (tertiary/aromatic N) is 3. The molecule has 2 aromatic heterocycles. The van der Waals surface area contributed by atoms with Gasteiger partial charge in [-0.2, -0.15) is 4.98 Å². The highest BCUT2D eigenvalue weighted by Gasteiger charge is 2.51. The van der Waals surface area contributed by atoms with Crippen molar-refractivity contribution in [2.45, 2.75) is 65.0 Å². The molecule has 0 radical (unpaired) electrons. The highest BCUT2D eigenvalue weighted by atomic mass is 16.5. The number of aromatic nitrogens is 3. The third-order valence-electron chi connectivity index (χ3n) is 8.38. The van der Waals surface area contributed by atoms with Crippen LogP contribution in [0.3, 0.4) is 0 Å². The topological polar surface area (TPSA) is 116 Å². The van der Waals surface area contributed by atoms with E-state index >= 15 is 0 Å². The van der Waals surface area contributed by atoms with Gasteiger partial charge in [0, 0.05) is 24.8 Å². The molecule has 37 heavy (non-hydrogen) atoms. The normalized spacial score (nSPS) is 22.7. The van der Waals surface area contributed by atoms with Crippen molar-refractivity contribution in [3.05, 3.63) is 41.6 Å². The van der Waals surface area contributed by atoms with Gasteiger partial charge < -0.3 is 31.4 Å². The van der Waals surface area contributed by atoms with Crippen LogP contribution >= 0.6 is 0 Å². The van der Waals surface area contributed by atoms with Crippen LogP contribution in [-0.4, -0.2) is 41.3 Å². The van der Waals surface area contributed by atoms with Crippen LogP contribution in [0.25, 0.3) is 11.0 Å². The number of nitrogens with one attached hydrogen (secondary N) is 2. The number of nitrogen functional groups attached to an aromatic ring is 1. The molecule has 2 saturated carbocycles. The maximum atomic E-state index is 5.98. The minimum absolute atomic E-state index is 0.294. The van der Waals surface area contributed by atoms with E-state index in [4.69, 9.17) is 16.2 Å². The third-order valence-corrected chi connectivity index (χ3v) is 8.38. The number of rotatable bonds is 13. The minimum atomic E-state index is 0.294. The molecule has 8 heteroatoms. The Bertz CT molecular complexity index is 1190. The van der Waals surface area contributed by atoms with Crippen molar-refractivity contribution < 1.29 is 4.74 Å². The first kappa shape index (κ1) is 25.8. The molecule has 1 aromatic carbocycles. The van der Waals surface area contributed by atoms with E-state index in [1.165, 1.54) is 44.1 Å². The summed E-state index contributed by atoms with van der Waals surface area (Å²) in [5, 5.41) is 7.15. The molecule has 0 saturated heterocycles. The molecule has 1 spiro atoms. The van der Waals surface area contributed by atoms with Crippen LogP contribution in [0.4, 0.5) is 11.8 Å². The predicted molar refractivity (Wildman–Crippen MR) is 151 cm³/mol. The molecule has 8 nitrogen and oxygen atoms in total. The highest BCUT2D eigenvalue weighted by molar-refractivity contribution is 5.87. The van der Waals surface area contributed by atoms with Gasteiger partial charge in [-0.3, -0.25) is 0 Å². The Hall–Kier alpha value is -2.84. The van der Waals surface area contributed by atoms with Crippen molar-refractivity contribution in [2.75, 3.05) is 37.8 Å². The fraction of sp³-hybridized carbons (Fsp3) is 0.586. The van der Waals surface area contributed by atoms with Crippen molar-refractivity contribution in [3.8, 4) is 5.75 Å². The molecular weight excluding hydrogens is 462 g/mol. The lowest BCUT2D eigenvalue weighted by atomic mass is 9.48. The van der Waals surface area contributed by atoms with E-state index in [1.807, 2.05) is 12.3 Å². The van der Waals surface area contributed by atoms with Crippen LogP contribution < -0.4 is 26.8 Å². The number of ether oxygens (including phenoxy) is 1. The summed E-state index contributed by atoms with van der Waals surface area (Å²) < 4.78 is 7.98. The number of nitrogens with two attached hydrogens (primary N) is 2.